The highest BCUT2D eigenvalue weighted by Gasteiger charge is 2.18. The van der Waals surface area contributed by atoms with Crippen LogP contribution in [-0.4, -0.2) is 31.1 Å². The Morgan fingerprint density at radius 3 is 2.68 bits per heavy atom. The maximum atomic E-state index is 6.14. The molecular weight excluding hydrogens is 279 g/mol. The maximum Gasteiger partial charge on any atom is 0.0465 e. The van der Waals surface area contributed by atoms with Crippen LogP contribution in [0.4, 0.5) is 0 Å². The van der Waals surface area contributed by atoms with Gasteiger partial charge in [-0.15, -0.1) is 0 Å². The Bertz CT molecular complexity index is 403. The molecule has 0 atom stereocenters. The van der Waals surface area contributed by atoms with Crippen molar-refractivity contribution in [1.29, 1.82) is 0 Å². The zero-order valence-electron chi connectivity index (χ0n) is 11.5. The molecule has 1 aromatic carbocycles. The summed E-state index contributed by atoms with van der Waals surface area (Å²) in [6.45, 7) is 2.89. The van der Waals surface area contributed by atoms with Gasteiger partial charge in [-0.05, 0) is 37.6 Å². The first-order valence-electron chi connectivity index (χ1n) is 7.01. The lowest BCUT2D eigenvalue weighted by atomic mass is 10.2. The first kappa shape index (κ1) is 15.1. The third-order valence-electron chi connectivity index (χ3n) is 3.92. The third-order valence-corrected chi connectivity index (χ3v) is 4.51. The molecule has 19 heavy (non-hydrogen) atoms. The van der Waals surface area contributed by atoms with Crippen molar-refractivity contribution in [3.05, 3.63) is 33.8 Å². The lowest BCUT2D eigenvalue weighted by Gasteiger charge is -2.24. The number of rotatable bonds is 6. The van der Waals surface area contributed by atoms with Crippen LogP contribution >= 0.6 is 23.2 Å². The Labute approximate surface area is 126 Å². The first-order valence-corrected chi connectivity index (χ1v) is 7.77. The van der Waals surface area contributed by atoms with Gasteiger partial charge in [0.1, 0.15) is 0 Å². The van der Waals surface area contributed by atoms with E-state index in [0.717, 1.165) is 36.3 Å². The van der Waals surface area contributed by atoms with Crippen LogP contribution in [0.5, 0.6) is 0 Å². The van der Waals surface area contributed by atoms with Crippen LogP contribution in [0.1, 0.15) is 31.2 Å². The van der Waals surface area contributed by atoms with E-state index in [1.807, 2.05) is 12.1 Å². The molecule has 0 bridgehead atoms. The fraction of sp³-hybridized carbons (Fsp3) is 0.600. The zero-order chi connectivity index (χ0) is 13.7. The molecule has 0 unspecified atom stereocenters. The number of benzene rings is 1. The molecular formula is C15H22Cl2N2. The van der Waals surface area contributed by atoms with E-state index in [1.165, 1.54) is 25.7 Å². The highest BCUT2D eigenvalue weighted by Crippen LogP contribution is 2.22. The van der Waals surface area contributed by atoms with Crippen molar-refractivity contribution in [2.24, 2.45) is 0 Å². The van der Waals surface area contributed by atoms with Crippen molar-refractivity contribution in [1.82, 2.24) is 10.2 Å². The number of hydrogen-bond acceptors (Lipinski definition) is 2. The van der Waals surface area contributed by atoms with Gasteiger partial charge in [0, 0.05) is 35.7 Å². The standard InChI is InChI=1S/C15H22Cl2N2/c1-19(14-4-2-3-5-14)9-8-18-11-12-6-7-13(16)10-15(12)17/h6-7,10,14,18H,2-5,8-9,11H2,1H3. The molecule has 106 valence electrons. The van der Waals surface area contributed by atoms with E-state index in [4.69, 9.17) is 23.2 Å². The molecule has 0 spiro atoms. The normalized spacial score (nSPS) is 16.4. The Kier molecular flexibility index (Phi) is 5.96. The molecule has 0 aliphatic heterocycles. The molecule has 0 saturated heterocycles. The average Bonchev–Trinajstić information content (AvgIpc) is 2.90. The first-order chi connectivity index (χ1) is 9.16. The largest absolute Gasteiger partial charge is 0.311 e. The summed E-state index contributed by atoms with van der Waals surface area (Å²) in [5, 5.41) is 4.88. The van der Waals surface area contributed by atoms with Gasteiger partial charge in [0.2, 0.25) is 0 Å². The van der Waals surface area contributed by atoms with Crippen LogP contribution in [0.2, 0.25) is 10.0 Å². The molecule has 1 saturated carbocycles. The van der Waals surface area contributed by atoms with Gasteiger partial charge < -0.3 is 10.2 Å². The minimum atomic E-state index is 0.690. The molecule has 0 aromatic heterocycles. The van der Waals surface area contributed by atoms with Crippen molar-refractivity contribution in [3.8, 4) is 0 Å². The van der Waals surface area contributed by atoms with E-state index in [1.54, 1.807) is 6.07 Å². The van der Waals surface area contributed by atoms with Crippen molar-refractivity contribution < 1.29 is 0 Å². The van der Waals surface area contributed by atoms with Crippen molar-refractivity contribution >= 4 is 23.2 Å². The minimum absolute atomic E-state index is 0.690. The highest BCUT2D eigenvalue weighted by molar-refractivity contribution is 6.35. The lowest BCUT2D eigenvalue weighted by molar-refractivity contribution is 0.245. The lowest BCUT2D eigenvalue weighted by Crippen LogP contribution is -2.35. The maximum absolute atomic E-state index is 6.14. The van der Waals surface area contributed by atoms with Crippen LogP contribution in [0.3, 0.4) is 0 Å². The summed E-state index contributed by atoms with van der Waals surface area (Å²) >= 11 is 12.0. The van der Waals surface area contributed by atoms with E-state index in [9.17, 15) is 0 Å². The summed E-state index contributed by atoms with van der Waals surface area (Å²) in [6.07, 6.45) is 5.50. The Balaban J connectivity index is 1.68. The molecule has 4 heteroatoms. The van der Waals surface area contributed by atoms with Crippen LogP contribution in [0.25, 0.3) is 0 Å². The van der Waals surface area contributed by atoms with E-state index in [0.29, 0.717) is 5.02 Å². The molecule has 1 aliphatic carbocycles. The monoisotopic (exact) mass is 300 g/mol. The number of nitrogens with zero attached hydrogens (tertiary/aromatic N) is 1. The smallest absolute Gasteiger partial charge is 0.0465 e. The molecule has 0 amide bonds. The summed E-state index contributed by atoms with van der Waals surface area (Å²) < 4.78 is 0. The van der Waals surface area contributed by atoms with E-state index >= 15 is 0 Å². The van der Waals surface area contributed by atoms with Crippen LogP contribution in [-0.2, 0) is 6.54 Å². The molecule has 0 radical (unpaired) electrons. The predicted molar refractivity (Wildman–Crippen MR) is 83.1 cm³/mol. The van der Waals surface area contributed by atoms with Gasteiger partial charge >= 0.3 is 0 Å². The molecule has 2 rings (SSSR count). The van der Waals surface area contributed by atoms with Gasteiger partial charge in [-0.3, -0.25) is 0 Å². The van der Waals surface area contributed by atoms with Crippen molar-refractivity contribution in [2.45, 2.75) is 38.3 Å². The number of hydrogen-bond donors (Lipinski definition) is 1. The summed E-state index contributed by atoms with van der Waals surface area (Å²) in [7, 11) is 2.23. The van der Waals surface area contributed by atoms with Gasteiger partial charge in [-0.1, -0.05) is 42.1 Å². The fourth-order valence-electron chi connectivity index (χ4n) is 2.67. The van der Waals surface area contributed by atoms with E-state index < -0.39 is 0 Å². The summed E-state index contributed by atoms with van der Waals surface area (Å²) in [4.78, 5) is 2.48. The topological polar surface area (TPSA) is 15.3 Å². The molecule has 2 nitrogen and oxygen atoms in total. The highest BCUT2D eigenvalue weighted by atomic mass is 35.5. The van der Waals surface area contributed by atoms with Crippen molar-refractivity contribution in [2.75, 3.05) is 20.1 Å². The number of halogens is 2. The van der Waals surface area contributed by atoms with E-state index in [2.05, 4.69) is 17.3 Å². The van der Waals surface area contributed by atoms with Crippen LogP contribution in [0.15, 0.2) is 18.2 Å². The van der Waals surface area contributed by atoms with Gasteiger partial charge in [0.15, 0.2) is 0 Å². The van der Waals surface area contributed by atoms with Crippen LogP contribution < -0.4 is 5.32 Å². The predicted octanol–water partition coefficient (Wildman–Crippen LogP) is 3.96. The molecule has 1 aliphatic rings. The Morgan fingerprint density at radius 1 is 1.26 bits per heavy atom. The van der Waals surface area contributed by atoms with Gasteiger partial charge in [0.05, 0.1) is 0 Å². The van der Waals surface area contributed by atoms with Gasteiger partial charge in [-0.2, -0.15) is 0 Å². The summed E-state index contributed by atoms with van der Waals surface area (Å²) in [6, 6.07) is 6.46. The number of nitrogens with one attached hydrogen (secondary N) is 1. The minimum Gasteiger partial charge on any atom is -0.311 e. The van der Waals surface area contributed by atoms with Crippen molar-refractivity contribution in [3.63, 3.8) is 0 Å². The Hall–Kier alpha value is -0.280. The van der Waals surface area contributed by atoms with Crippen LogP contribution in [0, 0.1) is 0 Å². The fourth-order valence-corrected chi connectivity index (χ4v) is 3.15. The summed E-state index contributed by atoms with van der Waals surface area (Å²) in [5.41, 5.74) is 1.11. The Morgan fingerprint density at radius 2 is 2.00 bits per heavy atom. The second-order valence-electron chi connectivity index (χ2n) is 5.33. The second-order valence-corrected chi connectivity index (χ2v) is 6.18. The molecule has 1 fully saturated rings. The third kappa shape index (κ3) is 4.64. The van der Waals surface area contributed by atoms with Gasteiger partial charge in [-0.25, -0.2) is 0 Å². The number of likely N-dealkylation sites (N-methyl/N-ethyl adjacent to an activating group) is 1. The van der Waals surface area contributed by atoms with Gasteiger partial charge in [0.25, 0.3) is 0 Å². The molecule has 1 aromatic rings. The quantitative estimate of drug-likeness (QED) is 0.800. The summed E-state index contributed by atoms with van der Waals surface area (Å²) in [5.74, 6) is 0. The SMILES string of the molecule is CN(CCNCc1ccc(Cl)cc1Cl)C1CCCC1. The average molecular weight is 301 g/mol. The molecule has 1 N–H and O–H groups in total. The molecule has 0 heterocycles. The second kappa shape index (κ2) is 7.49. The van der Waals surface area contributed by atoms with E-state index in [-0.39, 0.29) is 0 Å². The zero-order valence-corrected chi connectivity index (χ0v) is 13.0.